The van der Waals surface area contributed by atoms with Crippen molar-refractivity contribution in [3.05, 3.63) is 0 Å². The molecule has 0 aliphatic rings. The first-order chi connectivity index (χ1) is 16.6. The number of aliphatic imine (C=N–C) groups is 5. The van der Waals surface area contributed by atoms with Crippen molar-refractivity contribution in [2.75, 3.05) is 19.6 Å². The van der Waals surface area contributed by atoms with Gasteiger partial charge in [0.15, 0.2) is 0 Å². The molecule has 13 heteroatoms. The lowest BCUT2D eigenvalue weighted by Gasteiger charge is -2.30. The molecule has 0 heterocycles. The first kappa shape index (κ1) is 33.3. The SMILES string of the molecule is CC(CCC(C)(CN=C=O)CC(C)CN=C=O)CN=C=O.CC(N=C=O)OC(=O)OC(C)N=C=O. The number of hydrogen-bond donors (Lipinski definition) is 0. The Balaban J connectivity index is 0. The van der Waals surface area contributed by atoms with Crippen molar-refractivity contribution in [2.45, 2.75) is 66.3 Å². The Morgan fingerprint density at radius 3 is 1.63 bits per heavy atom. The van der Waals surface area contributed by atoms with Gasteiger partial charge in [0.25, 0.3) is 0 Å². The average molecular weight is 494 g/mol. The lowest BCUT2D eigenvalue weighted by atomic mass is 9.76. The number of hydrogen-bond acceptors (Lipinski definition) is 13. The summed E-state index contributed by atoms with van der Waals surface area (Å²) in [6.45, 7) is 10.1. The largest absolute Gasteiger partial charge is 0.512 e. The van der Waals surface area contributed by atoms with Gasteiger partial charge < -0.3 is 9.47 Å². The summed E-state index contributed by atoms with van der Waals surface area (Å²) in [4.78, 5) is 77.9. The molecule has 0 fully saturated rings. The van der Waals surface area contributed by atoms with Crippen molar-refractivity contribution in [1.82, 2.24) is 0 Å². The van der Waals surface area contributed by atoms with Crippen LogP contribution in [0.25, 0.3) is 0 Å². The van der Waals surface area contributed by atoms with Crippen LogP contribution in [0.15, 0.2) is 25.0 Å². The third-order valence-electron chi connectivity index (χ3n) is 4.54. The predicted octanol–water partition coefficient (Wildman–Crippen LogP) is 2.95. The van der Waals surface area contributed by atoms with E-state index in [0.717, 1.165) is 19.3 Å². The first-order valence-electron chi connectivity index (χ1n) is 10.7. The van der Waals surface area contributed by atoms with Gasteiger partial charge in [0.05, 0.1) is 19.6 Å². The van der Waals surface area contributed by atoms with E-state index in [1.807, 2.05) is 13.8 Å². The van der Waals surface area contributed by atoms with Crippen LogP contribution in [0.5, 0.6) is 0 Å². The summed E-state index contributed by atoms with van der Waals surface area (Å²) < 4.78 is 8.86. The van der Waals surface area contributed by atoms with Crippen LogP contribution in [0.3, 0.4) is 0 Å². The average Bonchev–Trinajstić information content (AvgIpc) is 2.79. The molecule has 35 heavy (non-hydrogen) atoms. The van der Waals surface area contributed by atoms with Crippen LogP contribution in [0, 0.1) is 17.3 Å². The Morgan fingerprint density at radius 1 is 0.743 bits per heavy atom. The van der Waals surface area contributed by atoms with Crippen LogP contribution in [0.4, 0.5) is 4.79 Å². The summed E-state index contributed by atoms with van der Waals surface area (Å²) in [5.41, 5.74) is -0.158. The second-order valence-corrected chi connectivity index (χ2v) is 8.16. The lowest BCUT2D eigenvalue weighted by Crippen LogP contribution is -2.25. The Morgan fingerprint density at radius 2 is 1.20 bits per heavy atom. The Bertz CT molecular complexity index is 852. The van der Waals surface area contributed by atoms with Crippen LogP contribution in [-0.4, -0.2) is 68.6 Å². The van der Waals surface area contributed by atoms with E-state index in [-0.39, 0.29) is 17.3 Å². The normalized spacial score (nSPS) is 14.4. The van der Waals surface area contributed by atoms with Gasteiger partial charge in [0.1, 0.15) is 0 Å². The van der Waals surface area contributed by atoms with Crippen LogP contribution in [-0.2, 0) is 33.4 Å². The van der Waals surface area contributed by atoms with E-state index in [9.17, 15) is 28.8 Å². The van der Waals surface area contributed by atoms with E-state index < -0.39 is 18.6 Å². The van der Waals surface area contributed by atoms with E-state index in [0.29, 0.717) is 19.6 Å². The highest BCUT2D eigenvalue weighted by Crippen LogP contribution is 2.33. The zero-order chi connectivity index (χ0) is 27.1. The fourth-order valence-corrected chi connectivity index (χ4v) is 2.95. The molecular weight excluding hydrogens is 462 g/mol. The molecule has 0 saturated heterocycles. The molecule has 0 amide bonds. The summed E-state index contributed by atoms with van der Waals surface area (Å²) in [7, 11) is 0. The van der Waals surface area contributed by atoms with Gasteiger partial charge in [-0.25, -0.2) is 43.7 Å². The molecule has 0 saturated carbocycles. The molecule has 0 radical (unpaired) electrons. The fraction of sp³-hybridized carbons (Fsp3) is 0.727. The molecule has 0 spiro atoms. The third-order valence-corrected chi connectivity index (χ3v) is 4.54. The summed E-state index contributed by atoms with van der Waals surface area (Å²) in [5.74, 6) is 0.482. The van der Waals surface area contributed by atoms with Gasteiger partial charge in [-0.2, -0.15) is 9.98 Å². The van der Waals surface area contributed by atoms with Crippen LogP contribution < -0.4 is 0 Å². The van der Waals surface area contributed by atoms with Crippen molar-refractivity contribution >= 4 is 36.6 Å². The van der Waals surface area contributed by atoms with Gasteiger partial charge in [0, 0.05) is 0 Å². The molecular formula is C22H31N5O8. The van der Waals surface area contributed by atoms with E-state index in [1.165, 1.54) is 26.0 Å². The van der Waals surface area contributed by atoms with Gasteiger partial charge in [0.2, 0.25) is 42.9 Å². The van der Waals surface area contributed by atoms with E-state index >= 15 is 0 Å². The molecule has 5 atom stereocenters. The molecule has 0 aromatic rings. The number of rotatable bonds is 15. The fourth-order valence-electron chi connectivity index (χ4n) is 2.95. The summed E-state index contributed by atoms with van der Waals surface area (Å²) in [6.07, 6.45) is 6.56. The molecule has 13 nitrogen and oxygen atoms in total. The molecule has 0 aromatic heterocycles. The van der Waals surface area contributed by atoms with Crippen molar-refractivity contribution in [1.29, 1.82) is 0 Å². The van der Waals surface area contributed by atoms with Crippen molar-refractivity contribution in [3.63, 3.8) is 0 Å². The van der Waals surface area contributed by atoms with Gasteiger partial charge in [-0.3, -0.25) is 0 Å². The molecule has 0 aliphatic heterocycles. The van der Waals surface area contributed by atoms with E-state index in [2.05, 4.69) is 41.4 Å². The second kappa shape index (κ2) is 20.8. The zero-order valence-electron chi connectivity index (χ0n) is 20.6. The molecule has 0 aromatic carbocycles. The minimum atomic E-state index is -1.08. The highest BCUT2D eigenvalue weighted by molar-refractivity contribution is 5.60. The number of carbonyl (C=O) groups excluding carboxylic acids is 6. The quantitative estimate of drug-likeness (QED) is 0.189. The Hall–Kier alpha value is -3.83. The minimum Gasteiger partial charge on any atom is -0.408 e. The van der Waals surface area contributed by atoms with E-state index in [4.69, 9.17) is 0 Å². The van der Waals surface area contributed by atoms with Crippen molar-refractivity contribution < 1.29 is 38.2 Å². The highest BCUT2D eigenvalue weighted by Gasteiger charge is 2.27. The molecule has 192 valence electrons. The van der Waals surface area contributed by atoms with Gasteiger partial charge in [-0.15, -0.1) is 0 Å². The summed E-state index contributed by atoms with van der Waals surface area (Å²) >= 11 is 0. The maximum absolute atomic E-state index is 10.8. The van der Waals surface area contributed by atoms with Gasteiger partial charge in [-0.05, 0) is 50.4 Å². The maximum atomic E-state index is 10.8. The third kappa shape index (κ3) is 20.5. The van der Waals surface area contributed by atoms with E-state index in [1.54, 1.807) is 18.2 Å². The highest BCUT2D eigenvalue weighted by atomic mass is 16.7. The van der Waals surface area contributed by atoms with Crippen LogP contribution in [0.2, 0.25) is 0 Å². The van der Waals surface area contributed by atoms with Crippen molar-refractivity contribution in [3.8, 4) is 0 Å². The Kier molecular flexibility index (Phi) is 19.8. The number of ether oxygens (including phenoxy) is 2. The van der Waals surface area contributed by atoms with Crippen LogP contribution >= 0.6 is 0 Å². The number of isocyanates is 5. The summed E-state index contributed by atoms with van der Waals surface area (Å²) in [6, 6.07) is 0. The molecule has 0 bridgehead atoms. The van der Waals surface area contributed by atoms with Gasteiger partial charge >= 0.3 is 6.16 Å². The van der Waals surface area contributed by atoms with Crippen molar-refractivity contribution in [2.24, 2.45) is 42.2 Å². The zero-order valence-corrected chi connectivity index (χ0v) is 20.6. The second-order valence-electron chi connectivity index (χ2n) is 8.16. The molecule has 0 rings (SSSR count). The lowest BCUT2D eigenvalue weighted by molar-refractivity contribution is 0.0122. The Labute approximate surface area is 203 Å². The molecule has 0 aliphatic carbocycles. The first-order valence-corrected chi connectivity index (χ1v) is 10.7. The number of nitrogens with zero attached hydrogens (tertiary/aromatic N) is 5. The maximum Gasteiger partial charge on any atom is 0.512 e. The summed E-state index contributed by atoms with van der Waals surface area (Å²) in [5, 5.41) is 0. The molecule has 5 unspecified atom stereocenters. The number of carbonyl (C=O) groups is 1. The standard InChI is InChI=1S/C15H23N3O3.C7H8N2O5/c1-13(7-16-10-19)4-5-15(3,9-18-12-21)6-14(2)8-17-11-20;1-5(8-3-10)13-7(12)14-6(2)9-4-11/h13-14H,4-9H2,1-3H3;5-6H,1-2H3. The monoisotopic (exact) mass is 493 g/mol. The predicted molar refractivity (Wildman–Crippen MR) is 122 cm³/mol. The molecule has 0 N–H and O–H groups in total. The van der Waals surface area contributed by atoms with Gasteiger partial charge in [-0.1, -0.05) is 20.8 Å². The van der Waals surface area contributed by atoms with Crippen LogP contribution in [0.1, 0.15) is 53.9 Å². The smallest absolute Gasteiger partial charge is 0.408 e. The minimum absolute atomic E-state index is 0.158. The topological polar surface area (TPSA) is 183 Å².